The number of hydrogen-bond acceptors (Lipinski definition) is 4. The quantitative estimate of drug-likeness (QED) is 0.391. The van der Waals surface area contributed by atoms with Gasteiger partial charge in [0.25, 0.3) is 5.91 Å². The average molecular weight is 415 g/mol. The predicted octanol–water partition coefficient (Wildman–Crippen LogP) is 6.52. The first-order valence-corrected chi connectivity index (χ1v) is 10.6. The molecule has 0 bridgehead atoms. The Morgan fingerprint density at radius 3 is 2.07 bits per heavy atom. The van der Waals surface area contributed by atoms with E-state index in [9.17, 15) is 4.79 Å². The number of ether oxygens (including phenoxy) is 1. The van der Waals surface area contributed by atoms with E-state index >= 15 is 0 Å². The van der Waals surface area contributed by atoms with Gasteiger partial charge in [-0.05, 0) is 43.7 Å². The van der Waals surface area contributed by atoms with Crippen molar-refractivity contribution in [1.82, 2.24) is 4.98 Å². The summed E-state index contributed by atoms with van der Waals surface area (Å²) in [5.41, 5.74) is 3.51. The Morgan fingerprint density at radius 1 is 0.867 bits per heavy atom. The fourth-order valence-electron chi connectivity index (χ4n) is 3.08. The summed E-state index contributed by atoms with van der Waals surface area (Å²) in [6, 6.07) is 27.3. The monoisotopic (exact) mass is 414 g/mol. The highest BCUT2D eigenvalue weighted by atomic mass is 32.1. The fraction of sp³-hybridized carbons (Fsp3) is 0.120. The maximum absolute atomic E-state index is 12.8. The van der Waals surface area contributed by atoms with Gasteiger partial charge in [-0.1, -0.05) is 72.0 Å². The smallest absolute Gasteiger partial charge is 0.257 e. The van der Waals surface area contributed by atoms with Crippen LogP contribution >= 0.6 is 11.3 Å². The molecule has 0 fully saturated rings. The first-order valence-electron chi connectivity index (χ1n) is 9.80. The van der Waals surface area contributed by atoms with Gasteiger partial charge in [-0.25, -0.2) is 4.98 Å². The number of hydrogen-bond donors (Lipinski definition) is 1. The number of nitrogens with one attached hydrogen (secondary N) is 1. The molecule has 5 heteroatoms. The molecule has 0 unspecified atom stereocenters. The van der Waals surface area contributed by atoms with Crippen LogP contribution in [0.5, 0.6) is 5.75 Å². The van der Waals surface area contributed by atoms with Crippen molar-refractivity contribution in [2.75, 3.05) is 5.32 Å². The van der Waals surface area contributed by atoms with Gasteiger partial charge in [-0.2, -0.15) is 0 Å². The number of nitrogens with zero attached hydrogens (tertiary/aromatic N) is 1. The summed E-state index contributed by atoms with van der Waals surface area (Å²) in [7, 11) is 0. The van der Waals surface area contributed by atoms with Crippen LogP contribution in [0.25, 0.3) is 21.7 Å². The van der Waals surface area contributed by atoms with Gasteiger partial charge in [0.05, 0.1) is 16.7 Å². The van der Waals surface area contributed by atoms with Gasteiger partial charge in [-0.3, -0.25) is 10.1 Å². The largest absolute Gasteiger partial charge is 0.491 e. The van der Waals surface area contributed by atoms with Gasteiger partial charge in [0.2, 0.25) is 0 Å². The van der Waals surface area contributed by atoms with Crippen LogP contribution in [-0.4, -0.2) is 17.0 Å². The highest BCUT2D eigenvalue weighted by Crippen LogP contribution is 2.39. The molecule has 0 atom stereocenters. The van der Waals surface area contributed by atoms with E-state index in [4.69, 9.17) is 9.72 Å². The molecular formula is C25H22N2O2S. The van der Waals surface area contributed by atoms with Crippen LogP contribution < -0.4 is 10.1 Å². The highest BCUT2D eigenvalue weighted by Gasteiger charge is 2.17. The van der Waals surface area contributed by atoms with Crippen molar-refractivity contribution in [3.8, 4) is 27.4 Å². The molecule has 4 nitrogen and oxygen atoms in total. The third kappa shape index (κ3) is 4.58. The zero-order valence-corrected chi connectivity index (χ0v) is 17.6. The molecule has 0 radical (unpaired) electrons. The standard InChI is InChI=1S/C25H22N2O2S/c1-17(2)29-21-15-13-20(14-16-21)24(28)27-25-26-22(18-9-5-3-6-10-18)23(30-25)19-11-7-4-8-12-19/h3-17H,1-2H3,(H,26,27,28). The van der Waals surface area contributed by atoms with Crippen molar-refractivity contribution in [3.05, 3.63) is 90.5 Å². The first-order chi connectivity index (χ1) is 14.6. The highest BCUT2D eigenvalue weighted by molar-refractivity contribution is 7.19. The van der Waals surface area contributed by atoms with Crippen molar-refractivity contribution >= 4 is 22.4 Å². The number of benzene rings is 3. The van der Waals surface area contributed by atoms with E-state index in [2.05, 4.69) is 17.4 Å². The molecule has 150 valence electrons. The normalized spacial score (nSPS) is 10.8. The maximum Gasteiger partial charge on any atom is 0.257 e. The third-order valence-corrected chi connectivity index (χ3v) is 5.44. The lowest BCUT2D eigenvalue weighted by atomic mass is 10.1. The first kappa shape index (κ1) is 19.9. The SMILES string of the molecule is CC(C)Oc1ccc(C(=O)Nc2nc(-c3ccccc3)c(-c3ccccc3)s2)cc1. The summed E-state index contributed by atoms with van der Waals surface area (Å²) in [5, 5.41) is 3.52. The van der Waals surface area contributed by atoms with Crippen molar-refractivity contribution in [1.29, 1.82) is 0 Å². The molecule has 0 aliphatic rings. The molecule has 1 amide bonds. The second-order valence-corrected chi connectivity index (χ2v) is 8.07. The van der Waals surface area contributed by atoms with Crippen LogP contribution in [0.4, 0.5) is 5.13 Å². The Labute approximate surface area is 180 Å². The second kappa shape index (κ2) is 8.93. The molecule has 30 heavy (non-hydrogen) atoms. The van der Waals surface area contributed by atoms with Gasteiger partial charge in [0.1, 0.15) is 5.75 Å². The molecular weight excluding hydrogens is 392 g/mol. The third-order valence-electron chi connectivity index (χ3n) is 4.42. The van der Waals surface area contributed by atoms with Crippen LogP contribution in [-0.2, 0) is 0 Å². The minimum absolute atomic E-state index is 0.0906. The van der Waals surface area contributed by atoms with Crippen LogP contribution in [0.3, 0.4) is 0 Å². The molecule has 0 saturated carbocycles. The summed E-state index contributed by atoms with van der Waals surface area (Å²) in [5.74, 6) is 0.549. The van der Waals surface area contributed by atoms with Crippen LogP contribution in [0, 0.1) is 0 Å². The molecule has 0 saturated heterocycles. The minimum Gasteiger partial charge on any atom is -0.491 e. The van der Waals surface area contributed by atoms with E-state index in [-0.39, 0.29) is 12.0 Å². The van der Waals surface area contributed by atoms with E-state index in [1.807, 2.05) is 74.5 Å². The zero-order chi connectivity index (χ0) is 20.9. The number of carbonyl (C=O) groups is 1. The molecule has 1 aromatic heterocycles. The summed E-state index contributed by atoms with van der Waals surface area (Å²) in [6.07, 6.45) is 0.0906. The molecule has 1 N–H and O–H groups in total. The molecule has 1 heterocycles. The van der Waals surface area contributed by atoms with Crippen LogP contribution in [0.15, 0.2) is 84.9 Å². The van der Waals surface area contributed by atoms with Crippen molar-refractivity contribution < 1.29 is 9.53 Å². The number of amides is 1. The zero-order valence-electron chi connectivity index (χ0n) is 16.8. The van der Waals surface area contributed by atoms with Crippen molar-refractivity contribution in [2.24, 2.45) is 0 Å². The van der Waals surface area contributed by atoms with E-state index in [1.54, 1.807) is 12.1 Å². The van der Waals surface area contributed by atoms with Crippen LogP contribution in [0.1, 0.15) is 24.2 Å². The van der Waals surface area contributed by atoms with Gasteiger partial charge >= 0.3 is 0 Å². The molecule has 0 aliphatic carbocycles. The number of thiazole rings is 1. The Kier molecular flexibility index (Phi) is 5.91. The number of carbonyl (C=O) groups excluding carboxylic acids is 1. The topological polar surface area (TPSA) is 51.2 Å². The van der Waals surface area contributed by atoms with Gasteiger partial charge < -0.3 is 4.74 Å². The summed E-state index contributed by atoms with van der Waals surface area (Å²) in [6.45, 7) is 3.94. The summed E-state index contributed by atoms with van der Waals surface area (Å²) in [4.78, 5) is 18.5. The number of aromatic nitrogens is 1. The minimum atomic E-state index is -0.195. The predicted molar refractivity (Wildman–Crippen MR) is 123 cm³/mol. The van der Waals surface area contributed by atoms with E-state index in [1.165, 1.54) is 11.3 Å². The molecule has 3 aromatic carbocycles. The molecule has 0 aliphatic heterocycles. The summed E-state index contributed by atoms with van der Waals surface area (Å²) < 4.78 is 5.64. The average Bonchev–Trinajstić information content (AvgIpc) is 3.19. The lowest BCUT2D eigenvalue weighted by molar-refractivity contribution is 0.102. The molecule has 4 rings (SSSR count). The summed E-state index contributed by atoms with van der Waals surface area (Å²) >= 11 is 1.47. The van der Waals surface area contributed by atoms with E-state index in [0.29, 0.717) is 10.7 Å². The molecule has 0 spiro atoms. The second-order valence-electron chi connectivity index (χ2n) is 7.07. The lowest BCUT2D eigenvalue weighted by Crippen LogP contribution is -2.12. The van der Waals surface area contributed by atoms with Crippen molar-refractivity contribution in [3.63, 3.8) is 0 Å². The maximum atomic E-state index is 12.8. The Balaban J connectivity index is 1.62. The fourth-order valence-corrected chi connectivity index (χ4v) is 4.06. The number of anilines is 1. The van der Waals surface area contributed by atoms with Gasteiger partial charge in [-0.15, -0.1) is 0 Å². The van der Waals surface area contributed by atoms with Crippen LogP contribution in [0.2, 0.25) is 0 Å². The van der Waals surface area contributed by atoms with Gasteiger partial charge in [0, 0.05) is 11.1 Å². The Morgan fingerprint density at radius 2 is 1.47 bits per heavy atom. The van der Waals surface area contributed by atoms with E-state index < -0.39 is 0 Å². The van der Waals surface area contributed by atoms with Crippen molar-refractivity contribution in [2.45, 2.75) is 20.0 Å². The Bertz CT molecular complexity index is 1060. The lowest BCUT2D eigenvalue weighted by Gasteiger charge is -2.09. The van der Waals surface area contributed by atoms with E-state index in [0.717, 1.165) is 27.4 Å². The van der Waals surface area contributed by atoms with Gasteiger partial charge in [0.15, 0.2) is 5.13 Å². The molecule has 4 aromatic rings. The Hall–Kier alpha value is -3.44. The number of rotatable bonds is 6.